The van der Waals surface area contributed by atoms with Crippen LogP contribution in [0.2, 0.25) is 0 Å². The Morgan fingerprint density at radius 3 is 2.00 bits per heavy atom. The molecule has 0 bridgehead atoms. The Balaban J connectivity index is 2.29. The van der Waals surface area contributed by atoms with E-state index in [2.05, 4.69) is 0 Å². The number of carboxylic acids is 1. The minimum Gasteiger partial charge on any atom is -0.481 e. The largest absolute Gasteiger partial charge is 0.481 e. The Hall–Kier alpha value is -2.46. The molecule has 0 aliphatic heterocycles. The van der Waals surface area contributed by atoms with Crippen LogP contribution in [0, 0.1) is 5.92 Å². The van der Waals surface area contributed by atoms with E-state index in [1.807, 2.05) is 36.4 Å². The lowest BCUT2D eigenvalue weighted by Crippen LogP contribution is -2.31. The van der Waals surface area contributed by atoms with E-state index in [1.54, 1.807) is 24.3 Å². The van der Waals surface area contributed by atoms with Crippen LogP contribution in [-0.2, 0) is 4.79 Å². The van der Waals surface area contributed by atoms with Crippen LogP contribution in [0.3, 0.4) is 0 Å². The Morgan fingerprint density at radius 2 is 1.50 bits per heavy atom. The Bertz CT molecular complexity index is 625. The zero-order valence-corrected chi connectivity index (χ0v) is 12.2. The molecule has 0 spiro atoms. The summed E-state index contributed by atoms with van der Waals surface area (Å²) in [7, 11) is 0. The van der Waals surface area contributed by atoms with E-state index in [0.717, 1.165) is 5.56 Å². The summed E-state index contributed by atoms with van der Waals surface area (Å²) in [6.45, 7) is -0.00301. The van der Waals surface area contributed by atoms with Gasteiger partial charge in [0.15, 0.2) is 5.78 Å². The van der Waals surface area contributed by atoms with E-state index in [0.29, 0.717) is 5.56 Å². The van der Waals surface area contributed by atoms with Gasteiger partial charge in [-0.1, -0.05) is 60.7 Å². The molecule has 0 amide bonds. The highest BCUT2D eigenvalue weighted by atomic mass is 16.4. The van der Waals surface area contributed by atoms with Gasteiger partial charge in [-0.25, -0.2) is 0 Å². The predicted octanol–water partition coefficient (Wildman–Crippen LogP) is 2.70. The summed E-state index contributed by atoms with van der Waals surface area (Å²) in [5.74, 6) is -2.27. The molecular formula is C18H19NO3. The predicted molar refractivity (Wildman–Crippen MR) is 84.8 cm³/mol. The molecular weight excluding hydrogens is 278 g/mol. The molecule has 0 fully saturated rings. The molecule has 0 radical (unpaired) electrons. The lowest BCUT2D eigenvalue weighted by Gasteiger charge is -2.23. The van der Waals surface area contributed by atoms with Crippen LogP contribution in [0.15, 0.2) is 60.7 Å². The molecule has 0 aliphatic carbocycles. The Morgan fingerprint density at radius 1 is 0.955 bits per heavy atom. The first-order chi connectivity index (χ1) is 10.6. The van der Waals surface area contributed by atoms with Crippen LogP contribution in [0.4, 0.5) is 0 Å². The van der Waals surface area contributed by atoms with Crippen molar-refractivity contribution < 1.29 is 14.7 Å². The van der Waals surface area contributed by atoms with Crippen molar-refractivity contribution in [2.45, 2.75) is 12.3 Å². The van der Waals surface area contributed by atoms with Crippen molar-refractivity contribution in [2.24, 2.45) is 11.7 Å². The van der Waals surface area contributed by atoms with Gasteiger partial charge in [-0.2, -0.15) is 0 Å². The number of carbonyl (C=O) groups is 2. The minimum absolute atomic E-state index is 0.00301. The van der Waals surface area contributed by atoms with Gasteiger partial charge in [0.05, 0.1) is 5.92 Å². The number of aliphatic carboxylic acids is 1. The van der Waals surface area contributed by atoms with Crippen molar-refractivity contribution >= 4 is 11.8 Å². The van der Waals surface area contributed by atoms with Crippen LogP contribution in [0.1, 0.15) is 28.3 Å². The molecule has 0 aromatic heterocycles. The molecule has 2 aromatic rings. The first-order valence-electron chi connectivity index (χ1n) is 7.19. The highest BCUT2D eigenvalue weighted by Crippen LogP contribution is 2.29. The maximum atomic E-state index is 12.4. The molecule has 0 saturated heterocycles. The van der Waals surface area contributed by atoms with Gasteiger partial charge in [0.2, 0.25) is 0 Å². The maximum Gasteiger partial charge on any atom is 0.308 e. The second kappa shape index (κ2) is 7.52. The average Bonchev–Trinajstić information content (AvgIpc) is 2.55. The topological polar surface area (TPSA) is 80.4 Å². The third-order valence-electron chi connectivity index (χ3n) is 3.79. The van der Waals surface area contributed by atoms with E-state index >= 15 is 0 Å². The van der Waals surface area contributed by atoms with Gasteiger partial charge in [-0.15, -0.1) is 0 Å². The van der Waals surface area contributed by atoms with Crippen molar-refractivity contribution in [3.05, 3.63) is 71.8 Å². The van der Waals surface area contributed by atoms with Gasteiger partial charge >= 0.3 is 5.97 Å². The minimum atomic E-state index is -0.975. The SMILES string of the molecule is NCC(C(=O)O)C(CC(=O)c1ccccc1)c1ccccc1. The second-order valence-corrected chi connectivity index (χ2v) is 5.19. The highest BCUT2D eigenvalue weighted by molar-refractivity contribution is 5.96. The summed E-state index contributed by atoms with van der Waals surface area (Å²) in [5, 5.41) is 9.40. The van der Waals surface area contributed by atoms with Gasteiger partial charge in [0, 0.05) is 24.4 Å². The summed E-state index contributed by atoms with van der Waals surface area (Å²) in [6.07, 6.45) is 0.127. The highest BCUT2D eigenvalue weighted by Gasteiger charge is 2.30. The standard InChI is InChI=1S/C18H19NO3/c19-12-16(18(21)22)15(13-7-3-1-4-8-13)11-17(20)14-9-5-2-6-10-14/h1-10,15-16H,11-12,19H2,(H,21,22). The van der Waals surface area contributed by atoms with Gasteiger partial charge in [-0.05, 0) is 5.56 Å². The summed E-state index contributed by atoms with van der Waals surface area (Å²) in [6, 6.07) is 18.1. The van der Waals surface area contributed by atoms with E-state index in [4.69, 9.17) is 5.73 Å². The van der Waals surface area contributed by atoms with Crippen LogP contribution in [-0.4, -0.2) is 23.4 Å². The Kier molecular flexibility index (Phi) is 5.44. The molecule has 0 heterocycles. The first-order valence-corrected chi connectivity index (χ1v) is 7.19. The van der Waals surface area contributed by atoms with Crippen LogP contribution < -0.4 is 5.73 Å². The number of nitrogens with two attached hydrogens (primary N) is 1. The maximum absolute atomic E-state index is 12.4. The van der Waals surface area contributed by atoms with E-state index < -0.39 is 17.8 Å². The number of rotatable bonds is 7. The van der Waals surface area contributed by atoms with Crippen molar-refractivity contribution in [1.82, 2.24) is 0 Å². The number of hydrogen-bond acceptors (Lipinski definition) is 3. The molecule has 2 rings (SSSR count). The lowest BCUT2D eigenvalue weighted by atomic mass is 9.81. The number of benzene rings is 2. The Labute approximate surface area is 129 Å². The van der Waals surface area contributed by atoms with Crippen LogP contribution >= 0.6 is 0 Å². The number of ketones is 1. The van der Waals surface area contributed by atoms with Crippen molar-refractivity contribution in [2.75, 3.05) is 6.54 Å². The van der Waals surface area contributed by atoms with E-state index in [9.17, 15) is 14.7 Å². The van der Waals surface area contributed by atoms with E-state index in [1.165, 1.54) is 0 Å². The molecule has 4 heteroatoms. The molecule has 4 nitrogen and oxygen atoms in total. The van der Waals surface area contributed by atoms with Gasteiger partial charge < -0.3 is 10.8 Å². The second-order valence-electron chi connectivity index (χ2n) is 5.19. The normalized spacial score (nSPS) is 13.3. The number of carbonyl (C=O) groups excluding carboxylic acids is 1. The van der Waals surface area contributed by atoms with Gasteiger partial charge in [0.1, 0.15) is 0 Å². The molecule has 2 aromatic carbocycles. The summed E-state index contributed by atoms with van der Waals surface area (Å²) < 4.78 is 0. The molecule has 22 heavy (non-hydrogen) atoms. The summed E-state index contributed by atoms with van der Waals surface area (Å²) in [4.78, 5) is 23.9. The number of hydrogen-bond donors (Lipinski definition) is 2. The molecule has 2 atom stereocenters. The zero-order chi connectivity index (χ0) is 15.9. The average molecular weight is 297 g/mol. The first kappa shape index (κ1) is 15.9. The smallest absolute Gasteiger partial charge is 0.308 e. The van der Waals surface area contributed by atoms with E-state index in [-0.39, 0.29) is 18.7 Å². The van der Waals surface area contributed by atoms with Crippen LogP contribution in [0.5, 0.6) is 0 Å². The fourth-order valence-corrected chi connectivity index (χ4v) is 2.57. The molecule has 114 valence electrons. The molecule has 0 saturated carbocycles. The third-order valence-corrected chi connectivity index (χ3v) is 3.79. The summed E-state index contributed by atoms with van der Waals surface area (Å²) in [5.41, 5.74) is 7.05. The fraction of sp³-hybridized carbons (Fsp3) is 0.222. The van der Waals surface area contributed by atoms with Crippen LogP contribution in [0.25, 0.3) is 0 Å². The fourth-order valence-electron chi connectivity index (χ4n) is 2.57. The van der Waals surface area contributed by atoms with Gasteiger partial charge in [0.25, 0.3) is 0 Å². The number of carboxylic acid groups (broad SMARTS) is 1. The van der Waals surface area contributed by atoms with Crippen molar-refractivity contribution in [3.8, 4) is 0 Å². The van der Waals surface area contributed by atoms with Crippen molar-refractivity contribution in [3.63, 3.8) is 0 Å². The zero-order valence-electron chi connectivity index (χ0n) is 12.2. The molecule has 2 unspecified atom stereocenters. The molecule has 0 aliphatic rings. The van der Waals surface area contributed by atoms with Gasteiger partial charge in [-0.3, -0.25) is 9.59 Å². The van der Waals surface area contributed by atoms with Crippen molar-refractivity contribution in [1.29, 1.82) is 0 Å². The lowest BCUT2D eigenvalue weighted by molar-refractivity contribution is -0.142. The number of Topliss-reactive ketones (excluding diaryl/α,β-unsaturated/α-hetero) is 1. The summed E-state index contributed by atoms with van der Waals surface area (Å²) >= 11 is 0. The third kappa shape index (κ3) is 3.80. The quantitative estimate of drug-likeness (QED) is 0.770. The monoisotopic (exact) mass is 297 g/mol. The molecule has 3 N–H and O–H groups in total.